The van der Waals surface area contributed by atoms with Crippen molar-refractivity contribution in [2.24, 2.45) is 5.92 Å². The maximum Gasteiger partial charge on any atom is 0.201 e. The number of nitrogens with zero attached hydrogens (tertiary/aromatic N) is 2. The number of nitrogen functional groups attached to an aromatic ring is 1. The van der Waals surface area contributed by atoms with Gasteiger partial charge in [-0.25, -0.2) is 4.98 Å². The highest BCUT2D eigenvalue weighted by Gasteiger charge is 2.13. The van der Waals surface area contributed by atoms with Crippen molar-refractivity contribution in [1.82, 2.24) is 9.55 Å². The van der Waals surface area contributed by atoms with Gasteiger partial charge in [0.2, 0.25) is 5.95 Å². The summed E-state index contributed by atoms with van der Waals surface area (Å²) in [4.78, 5) is 4.34. The summed E-state index contributed by atoms with van der Waals surface area (Å²) in [5.41, 5.74) is 7.76. The molecule has 0 aliphatic carbocycles. The minimum absolute atomic E-state index is 0.543. The number of nitrogens with two attached hydrogens (primary N) is 1. The SMILES string of the molecule is CSCC(C)Cn1c(N)nc2cccc(Cl)c21. The topological polar surface area (TPSA) is 43.8 Å². The predicted molar refractivity (Wildman–Crippen MR) is 76.7 cm³/mol. The van der Waals surface area contributed by atoms with Crippen molar-refractivity contribution < 1.29 is 0 Å². The Kier molecular flexibility index (Phi) is 3.84. The van der Waals surface area contributed by atoms with Crippen LogP contribution in [-0.4, -0.2) is 21.6 Å². The molecular formula is C12H16ClN3S. The molecular weight excluding hydrogens is 254 g/mol. The van der Waals surface area contributed by atoms with E-state index in [2.05, 4.69) is 18.2 Å². The van der Waals surface area contributed by atoms with Gasteiger partial charge < -0.3 is 10.3 Å². The Bertz CT molecular complexity index is 524. The van der Waals surface area contributed by atoms with Gasteiger partial charge in [-0.1, -0.05) is 24.6 Å². The van der Waals surface area contributed by atoms with Gasteiger partial charge in [0, 0.05) is 6.54 Å². The molecule has 0 radical (unpaired) electrons. The zero-order valence-corrected chi connectivity index (χ0v) is 11.6. The average molecular weight is 270 g/mol. The number of hydrogen-bond acceptors (Lipinski definition) is 3. The summed E-state index contributed by atoms with van der Waals surface area (Å²) < 4.78 is 2.01. The van der Waals surface area contributed by atoms with Crippen LogP contribution in [-0.2, 0) is 6.54 Å². The first-order chi connectivity index (χ1) is 8.13. The molecule has 1 heterocycles. The summed E-state index contributed by atoms with van der Waals surface area (Å²) in [5, 5.41) is 0.711. The van der Waals surface area contributed by atoms with Crippen molar-refractivity contribution in [1.29, 1.82) is 0 Å². The van der Waals surface area contributed by atoms with Crippen LogP contribution in [0.4, 0.5) is 5.95 Å². The molecule has 2 rings (SSSR count). The molecule has 2 aromatic rings. The second kappa shape index (κ2) is 5.19. The summed E-state index contributed by atoms with van der Waals surface area (Å²) in [6.45, 7) is 3.06. The maximum atomic E-state index is 6.21. The molecule has 5 heteroatoms. The minimum Gasteiger partial charge on any atom is -0.369 e. The van der Waals surface area contributed by atoms with E-state index >= 15 is 0 Å². The van der Waals surface area contributed by atoms with Crippen LogP contribution in [0.1, 0.15) is 6.92 Å². The first-order valence-corrected chi connectivity index (χ1v) is 7.29. The first kappa shape index (κ1) is 12.6. The monoisotopic (exact) mass is 269 g/mol. The van der Waals surface area contributed by atoms with Crippen LogP contribution in [0, 0.1) is 5.92 Å². The van der Waals surface area contributed by atoms with Gasteiger partial charge in [-0.05, 0) is 30.1 Å². The van der Waals surface area contributed by atoms with E-state index in [1.165, 1.54) is 0 Å². The molecule has 1 atom stereocenters. The Labute approximate surface area is 110 Å². The van der Waals surface area contributed by atoms with Crippen molar-refractivity contribution in [3.63, 3.8) is 0 Å². The molecule has 1 unspecified atom stereocenters. The Morgan fingerprint density at radius 3 is 3.00 bits per heavy atom. The number of benzene rings is 1. The van der Waals surface area contributed by atoms with Gasteiger partial charge in [0.05, 0.1) is 16.1 Å². The maximum absolute atomic E-state index is 6.21. The van der Waals surface area contributed by atoms with Gasteiger partial charge >= 0.3 is 0 Å². The van der Waals surface area contributed by atoms with Gasteiger partial charge in [0.15, 0.2) is 0 Å². The van der Waals surface area contributed by atoms with E-state index in [1.807, 2.05) is 34.5 Å². The number of anilines is 1. The lowest BCUT2D eigenvalue weighted by Crippen LogP contribution is -2.12. The van der Waals surface area contributed by atoms with Gasteiger partial charge in [-0.2, -0.15) is 11.8 Å². The third-order valence-corrected chi connectivity index (χ3v) is 3.90. The number of halogens is 1. The van der Waals surface area contributed by atoms with Crippen LogP contribution in [0.15, 0.2) is 18.2 Å². The van der Waals surface area contributed by atoms with Gasteiger partial charge in [0.25, 0.3) is 0 Å². The van der Waals surface area contributed by atoms with Crippen LogP contribution in [0.3, 0.4) is 0 Å². The molecule has 3 nitrogen and oxygen atoms in total. The highest BCUT2D eigenvalue weighted by Crippen LogP contribution is 2.26. The van der Waals surface area contributed by atoms with Gasteiger partial charge in [-0.15, -0.1) is 0 Å². The molecule has 0 fully saturated rings. The number of para-hydroxylation sites is 1. The number of imidazole rings is 1. The van der Waals surface area contributed by atoms with Crippen LogP contribution < -0.4 is 5.73 Å². The van der Waals surface area contributed by atoms with Crippen molar-refractivity contribution >= 4 is 40.3 Å². The molecule has 1 aromatic carbocycles. The van der Waals surface area contributed by atoms with E-state index in [0.717, 1.165) is 23.3 Å². The molecule has 2 N–H and O–H groups in total. The van der Waals surface area contributed by atoms with Crippen LogP contribution in [0.5, 0.6) is 0 Å². The molecule has 0 saturated heterocycles. The van der Waals surface area contributed by atoms with E-state index in [4.69, 9.17) is 17.3 Å². The summed E-state index contributed by atoms with van der Waals surface area (Å²) in [6.07, 6.45) is 2.11. The predicted octanol–water partition coefficient (Wildman–Crippen LogP) is 3.27. The number of fused-ring (bicyclic) bond motifs is 1. The van der Waals surface area contributed by atoms with Crippen molar-refractivity contribution in [2.75, 3.05) is 17.7 Å². The second-order valence-corrected chi connectivity index (χ2v) is 5.57. The lowest BCUT2D eigenvalue weighted by molar-refractivity contribution is 0.546. The summed E-state index contributed by atoms with van der Waals surface area (Å²) >= 11 is 8.05. The number of rotatable bonds is 4. The third-order valence-electron chi connectivity index (χ3n) is 2.69. The van der Waals surface area contributed by atoms with Gasteiger partial charge in [-0.3, -0.25) is 0 Å². The summed E-state index contributed by atoms with van der Waals surface area (Å²) in [5.74, 6) is 2.19. The fourth-order valence-corrected chi connectivity index (χ4v) is 2.94. The highest BCUT2D eigenvalue weighted by atomic mass is 35.5. The van der Waals surface area contributed by atoms with E-state index in [9.17, 15) is 0 Å². The van der Waals surface area contributed by atoms with E-state index in [-0.39, 0.29) is 0 Å². The number of thioether (sulfide) groups is 1. The van der Waals surface area contributed by atoms with Crippen LogP contribution >= 0.6 is 23.4 Å². The van der Waals surface area contributed by atoms with Crippen LogP contribution in [0.2, 0.25) is 5.02 Å². The van der Waals surface area contributed by atoms with Gasteiger partial charge in [0.1, 0.15) is 0 Å². The second-order valence-electron chi connectivity index (χ2n) is 4.25. The lowest BCUT2D eigenvalue weighted by Gasteiger charge is -2.13. The molecule has 0 amide bonds. The standard InChI is InChI=1S/C12H16ClN3S/c1-8(7-17-2)6-16-11-9(13)4-3-5-10(11)15-12(16)14/h3-5,8H,6-7H2,1-2H3,(H2,14,15). The van der Waals surface area contributed by atoms with E-state index in [0.29, 0.717) is 16.9 Å². The summed E-state index contributed by atoms with van der Waals surface area (Å²) in [7, 11) is 0. The smallest absolute Gasteiger partial charge is 0.201 e. The normalized spacial score (nSPS) is 13.1. The highest BCUT2D eigenvalue weighted by molar-refractivity contribution is 7.98. The molecule has 0 aliphatic rings. The van der Waals surface area contributed by atoms with Crippen LogP contribution in [0.25, 0.3) is 11.0 Å². The first-order valence-electron chi connectivity index (χ1n) is 5.52. The molecule has 0 aliphatic heterocycles. The molecule has 1 aromatic heterocycles. The molecule has 0 bridgehead atoms. The zero-order chi connectivity index (χ0) is 12.4. The fraction of sp³-hybridized carbons (Fsp3) is 0.417. The minimum atomic E-state index is 0.543. The van der Waals surface area contributed by atoms with E-state index < -0.39 is 0 Å². The fourth-order valence-electron chi connectivity index (χ4n) is 1.99. The third kappa shape index (κ3) is 2.53. The molecule has 92 valence electrons. The van der Waals surface area contributed by atoms with E-state index in [1.54, 1.807) is 0 Å². The van der Waals surface area contributed by atoms with Crippen molar-refractivity contribution in [2.45, 2.75) is 13.5 Å². The Morgan fingerprint density at radius 2 is 2.29 bits per heavy atom. The largest absolute Gasteiger partial charge is 0.369 e. The molecule has 17 heavy (non-hydrogen) atoms. The Balaban J connectivity index is 2.42. The number of hydrogen-bond donors (Lipinski definition) is 1. The summed E-state index contributed by atoms with van der Waals surface area (Å²) in [6, 6.07) is 5.71. The van der Waals surface area contributed by atoms with Crippen molar-refractivity contribution in [3.8, 4) is 0 Å². The zero-order valence-electron chi connectivity index (χ0n) is 9.98. The molecule has 0 saturated carbocycles. The number of aromatic nitrogens is 2. The Morgan fingerprint density at radius 1 is 1.53 bits per heavy atom. The molecule has 0 spiro atoms. The lowest BCUT2D eigenvalue weighted by atomic mass is 10.2. The van der Waals surface area contributed by atoms with Crippen molar-refractivity contribution in [3.05, 3.63) is 23.2 Å². The average Bonchev–Trinajstić information content (AvgIpc) is 2.57. The quantitative estimate of drug-likeness (QED) is 0.926. The Hall–Kier alpha value is -0.870.